The smallest absolute Gasteiger partial charge is 0.407 e. The Hall–Kier alpha value is -2.31. The lowest BCUT2D eigenvalue weighted by molar-refractivity contribution is 0.0526. The monoisotopic (exact) mass is 310 g/mol. The van der Waals surface area contributed by atoms with Gasteiger partial charge < -0.3 is 15.3 Å². The molecule has 0 atom stereocenters. The van der Waals surface area contributed by atoms with Crippen molar-refractivity contribution in [3.63, 3.8) is 0 Å². The summed E-state index contributed by atoms with van der Waals surface area (Å²) >= 11 is 0. The first-order valence-electron chi connectivity index (χ1n) is 6.95. The maximum absolute atomic E-state index is 11.5. The fraction of sp³-hybridized carbons (Fsp3) is 0.533. The van der Waals surface area contributed by atoms with Gasteiger partial charge in [0.25, 0.3) is 0 Å². The van der Waals surface area contributed by atoms with Gasteiger partial charge in [-0.2, -0.15) is 4.73 Å². The number of amides is 1. The van der Waals surface area contributed by atoms with Gasteiger partial charge in [-0.15, -0.1) is 0 Å². The normalized spacial score (nSPS) is 11.1. The molecule has 0 aromatic carbocycles. The van der Waals surface area contributed by atoms with Crippen LogP contribution >= 0.6 is 0 Å². The van der Waals surface area contributed by atoms with Gasteiger partial charge in [-0.05, 0) is 33.3 Å². The molecule has 0 unspecified atom stereocenters. The van der Waals surface area contributed by atoms with Crippen molar-refractivity contribution in [1.29, 1.82) is 0 Å². The molecule has 0 saturated carbocycles. The standard InChI is InChI=1S/C15H22N2O5/c1-9-11(8-18)12(17(21)13(9)10(2)19)6-7-16-14(20)22-15(3,4)5/h8,21H,6-7H2,1-5H3,(H,16,20). The van der Waals surface area contributed by atoms with E-state index in [0.717, 1.165) is 4.73 Å². The minimum Gasteiger partial charge on any atom is -0.444 e. The van der Waals surface area contributed by atoms with Crippen LogP contribution in [-0.4, -0.2) is 40.2 Å². The summed E-state index contributed by atoms with van der Waals surface area (Å²) in [6, 6.07) is 0. The molecule has 7 nitrogen and oxygen atoms in total. The minimum absolute atomic E-state index is 0.0781. The second-order valence-electron chi connectivity index (χ2n) is 6.00. The molecule has 1 rings (SSSR count). The zero-order valence-corrected chi connectivity index (χ0v) is 13.5. The van der Waals surface area contributed by atoms with Crippen LogP contribution in [0.15, 0.2) is 0 Å². The van der Waals surface area contributed by atoms with Crippen molar-refractivity contribution in [2.75, 3.05) is 6.54 Å². The summed E-state index contributed by atoms with van der Waals surface area (Å²) in [5, 5.41) is 12.6. The van der Waals surface area contributed by atoms with Crippen LogP contribution in [0, 0.1) is 6.92 Å². The van der Waals surface area contributed by atoms with E-state index >= 15 is 0 Å². The average molecular weight is 310 g/mol. The lowest BCUT2D eigenvalue weighted by Gasteiger charge is -2.19. The molecule has 122 valence electrons. The number of ether oxygens (including phenoxy) is 1. The summed E-state index contributed by atoms with van der Waals surface area (Å²) in [7, 11) is 0. The van der Waals surface area contributed by atoms with E-state index in [1.54, 1.807) is 27.7 Å². The van der Waals surface area contributed by atoms with E-state index in [1.807, 2.05) is 0 Å². The summed E-state index contributed by atoms with van der Waals surface area (Å²) < 4.78 is 5.81. The van der Waals surface area contributed by atoms with E-state index in [4.69, 9.17) is 4.74 Å². The van der Waals surface area contributed by atoms with Crippen molar-refractivity contribution in [1.82, 2.24) is 10.0 Å². The molecular formula is C15H22N2O5. The second kappa shape index (κ2) is 6.64. The van der Waals surface area contributed by atoms with Crippen molar-refractivity contribution in [3.8, 4) is 0 Å². The number of hydrogen-bond donors (Lipinski definition) is 2. The summed E-state index contributed by atoms with van der Waals surface area (Å²) in [4.78, 5) is 34.2. The zero-order valence-electron chi connectivity index (χ0n) is 13.5. The lowest BCUT2D eigenvalue weighted by Crippen LogP contribution is -2.33. The highest BCUT2D eigenvalue weighted by Crippen LogP contribution is 2.20. The van der Waals surface area contributed by atoms with Gasteiger partial charge >= 0.3 is 6.09 Å². The first-order valence-corrected chi connectivity index (χ1v) is 6.95. The fourth-order valence-corrected chi connectivity index (χ4v) is 2.16. The fourth-order valence-electron chi connectivity index (χ4n) is 2.16. The number of ketones is 1. The van der Waals surface area contributed by atoms with Crippen LogP contribution in [0.3, 0.4) is 0 Å². The summed E-state index contributed by atoms with van der Waals surface area (Å²) in [6.07, 6.45) is 0.203. The van der Waals surface area contributed by atoms with Gasteiger partial charge in [0.05, 0.1) is 5.69 Å². The molecule has 0 aliphatic carbocycles. The quantitative estimate of drug-likeness (QED) is 0.493. The summed E-state index contributed by atoms with van der Waals surface area (Å²) in [5.74, 6) is -0.338. The van der Waals surface area contributed by atoms with E-state index in [2.05, 4.69) is 5.32 Å². The van der Waals surface area contributed by atoms with E-state index < -0.39 is 11.7 Å². The number of aromatic nitrogens is 1. The molecule has 1 heterocycles. The van der Waals surface area contributed by atoms with Crippen molar-refractivity contribution in [3.05, 3.63) is 22.5 Å². The average Bonchev–Trinajstić information content (AvgIpc) is 2.58. The molecule has 1 aromatic rings. The largest absolute Gasteiger partial charge is 0.444 e. The molecule has 0 spiro atoms. The molecule has 2 N–H and O–H groups in total. The number of Topliss-reactive ketones (excluding diaryl/α,β-unsaturated/α-hetero) is 1. The van der Waals surface area contributed by atoms with Crippen molar-refractivity contribution >= 4 is 18.2 Å². The third-order valence-electron chi connectivity index (χ3n) is 3.02. The molecule has 1 amide bonds. The van der Waals surface area contributed by atoms with E-state index in [9.17, 15) is 19.6 Å². The number of carbonyl (C=O) groups excluding carboxylic acids is 3. The van der Waals surface area contributed by atoms with Crippen LogP contribution < -0.4 is 5.32 Å². The Morgan fingerprint density at radius 1 is 1.36 bits per heavy atom. The van der Waals surface area contributed by atoms with Crippen LogP contribution in [0.4, 0.5) is 4.79 Å². The highest BCUT2D eigenvalue weighted by Gasteiger charge is 2.22. The topological polar surface area (TPSA) is 97.6 Å². The van der Waals surface area contributed by atoms with Gasteiger partial charge in [0.15, 0.2) is 12.1 Å². The second-order valence-corrected chi connectivity index (χ2v) is 6.00. The Balaban J connectivity index is 2.83. The van der Waals surface area contributed by atoms with Gasteiger partial charge in [0.1, 0.15) is 11.3 Å². The molecule has 0 fully saturated rings. The lowest BCUT2D eigenvalue weighted by atomic mass is 10.1. The number of carbonyl (C=O) groups is 3. The maximum atomic E-state index is 11.5. The summed E-state index contributed by atoms with van der Waals surface area (Å²) in [6.45, 7) is 8.32. The number of rotatable bonds is 5. The van der Waals surface area contributed by atoms with Gasteiger partial charge in [-0.3, -0.25) is 9.59 Å². The highest BCUT2D eigenvalue weighted by atomic mass is 16.6. The van der Waals surface area contributed by atoms with E-state index in [0.29, 0.717) is 11.8 Å². The Morgan fingerprint density at radius 2 is 1.95 bits per heavy atom. The predicted octanol–water partition coefficient (Wildman–Crippen LogP) is 2.12. The number of aldehydes is 1. The van der Waals surface area contributed by atoms with Gasteiger partial charge in [0, 0.05) is 25.5 Å². The number of nitrogens with zero attached hydrogens (tertiary/aromatic N) is 1. The number of alkyl carbamates (subject to hydrolysis) is 1. The minimum atomic E-state index is -0.604. The molecule has 0 bridgehead atoms. The number of nitrogens with one attached hydrogen (secondary N) is 1. The molecule has 0 radical (unpaired) electrons. The molecular weight excluding hydrogens is 288 g/mol. The molecule has 7 heteroatoms. The van der Waals surface area contributed by atoms with Gasteiger partial charge in [-0.25, -0.2) is 4.79 Å². The highest BCUT2D eigenvalue weighted by molar-refractivity contribution is 5.97. The maximum Gasteiger partial charge on any atom is 0.407 e. The van der Waals surface area contributed by atoms with Crippen molar-refractivity contribution in [2.45, 2.75) is 46.6 Å². The summed E-state index contributed by atoms with van der Waals surface area (Å²) in [5.41, 5.74) is 0.451. The van der Waals surface area contributed by atoms with Gasteiger partial charge in [-0.1, -0.05) is 0 Å². The van der Waals surface area contributed by atoms with Crippen LogP contribution in [0.5, 0.6) is 0 Å². The first kappa shape index (κ1) is 17.7. The Bertz CT molecular complexity index is 596. The number of hydrogen-bond acceptors (Lipinski definition) is 5. The van der Waals surface area contributed by atoms with Crippen LogP contribution in [0.1, 0.15) is 59.8 Å². The van der Waals surface area contributed by atoms with Crippen LogP contribution in [0.2, 0.25) is 0 Å². The first-order chi connectivity index (χ1) is 10.1. The molecule has 0 aliphatic heterocycles. The molecule has 1 aromatic heterocycles. The third kappa shape index (κ3) is 4.09. The Kier molecular flexibility index (Phi) is 5.35. The van der Waals surface area contributed by atoms with Crippen molar-refractivity contribution < 1.29 is 24.3 Å². The third-order valence-corrected chi connectivity index (χ3v) is 3.02. The molecule has 0 aliphatic rings. The van der Waals surface area contributed by atoms with E-state index in [-0.39, 0.29) is 35.7 Å². The van der Waals surface area contributed by atoms with Crippen LogP contribution in [0.25, 0.3) is 0 Å². The Morgan fingerprint density at radius 3 is 2.41 bits per heavy atom. The van der Waals surface area contributed by atoms with Gasteiger partial charge in [0.2, 0.25) is 0 Å². The van der Waals surface area contributed by atoms with Crippen molar-refractivity contribution in [2.24, 2.45) is 0 Å². The Labute approximate surface area is 129 Å². The SMILES string of the molecule is CC(=O)c1c(C)c(C=O)c(CCNC(=O)OC(C)(C)C)n1O. The predicted molar refractivity (Wildman–Crippen MR) is 79.7 cm³/mol. The molecule has 22 heavy (non-hydrogen) atoms. The van der Waals surface area contributed by atoms with Crippen LogP contribution in [-0.2, 0) is 11.2 Å². The molecule has 0 saturated heterocycles. The van der Waals surface area contributed by atoms with E-state index in [1.165, 1.54) is 6.92 Å². The zero-order chi connectivity index (χ0) is 17.1.